The highest BCUT2D eigenvalue weighted by atomic mass is 79.9. The van der Waals surface area contributed by atoms with E-state index in [-0.39, 0.29) is 0 Å². The second-order valence-corrected chi connectivity index (χ2v) is 6.59. The largest absolute Gasteiger partial charge is 0.0654 e. The van der Waals surface area contributed by atoms with E-state index in [1.54, 1.807) is 0 Å². The quantitative estimate of drug-likeness (QED) is 0.560. The van der Waals surface area contributed by atoms with E-state index >= 15 is 0 Å². The van der Waals surface area contributed by atoms with Crippen LogP contribution in [0.3, 0.4) is 0 Å². The summed E-state index contributed by atoms with van der Waals surface area (Å²) in [5.41, 5.74) is 1.53. The molecule has 1 fully saturated rings. The van der Waals surface area contributed by atoms with Crippen LogP contribution in [0.2, 0.25) is 0 Å². The molecule has 0 nitrogen and oxygen atoms in total. The first-order valence-corrected chi connectivity index (χ1v) is 8.35. The molecule has 1 aliphatic rings. The average Bonchev–Trinajstić information content (AvgIpc) is 2.41. The Morgan fingerprint density at radius 2 is 1.78 bits per heavy atom. The van der Waals surface area contributed by atoms with Crippen LogP contribution in [-0.2, 0) is 0 Å². The molecule has 18 heavy (non-hydrogen) atoms. The molecular formula is C17H25Br. The molecule has 1 saturated carbocycles. The minimum atomic E-state index is 0.794. The smallest absolute Gasteiger partial charge is 0.0210 e. The van der Waals surface area contributed by atoms with E-state index in [0.29, 0.717) is 0 Å². The molecule has 0 N–H and O–H groups in total. The zero-order valence-electron chi connectivity index (χ0n) is 11.5. The Bertz CT molecular complexity index is 350. The minimum Gasteiger partial charge on any atom is -0.0654 e. The van der Waals surface area contributed by atoms with Crippen LogP contribution in [0.25, 0.3) is 0 Å². The van der Waals surface area contributed by atoms with Crippen LogP contribution in [0.4, 0.5) is 0 Å². The van der Waals surface area contributed by atoms with E-state index in [1.807, 2.05) is 0 Å². The molecule has 0 spiro atoms. The second-order valence-electron chi connectivity index (χ2n) is 5.73. The highest BCUT2D eigenvalue weighted by Crippen LogP contribution is 2.39. The average molecular weight is 309 g/mol. The summed E-state index contributed by atoms with van der Waals surface area (Å²) >= 11 is 3.70. The monoisotopic (exact) mass is 308 g/mol. The van der Waals surface area contributed by atoms with Gasteiger partial charge in [-0.15, -0.1) is 0 Å². The maximum absolute atomic E-state index is 3.70. The fourth-order valence-electron chi connectivity index (χ4n) is 3.25. The fourth-order valence-corrected chi connectivity index (χ4v) is 3.86. The predicted molar refractivity (Wildman–Crippen MR) is 83.0 cm³/mol. The molecule has 0 bridgehead atoms. The van der Waals surface area contributed by atoms with Crippen molar-refractivity contribution in [1.29, 1.82) is 0 Å². The summed E-state index contributed by atoms with van der Waals surface area (Å²) in [5.74, 6) is 1.80. The van der Waals surface area contributed by atoms with Crippen LogP contribution in [0.15, 0.2) is 28.7 Å². The van der Waals surface area contributed by atoms with Crippen LogP contribution in [0, 0.1) is 5.92 Å². The van der Waals surface area contributed by atoms with Gasteiger partial charge in [0.15, 0.2) is 0 Å². The zero-order valence-corrected chi connectivity index (χ0v) is 13.1. The third-order valence-electron chi connectivity index (χ3n) is 4.41. The fraction of sp³-hybridized carbons (Fsp3) is 0.647. The summed E-state index contributed by atoms with van der Waals surface area (Å²) in [6.45, 7) is 2.30. The molecular weight excluding hydrogens is 284 g/mol. The highest BCUT2D eigenvalue weighted by Gasteiger charge is 2.22. The Labute approximate surface area is 120 Å². The van der Waals surface area contributed by atoms with Crippen molar-refractivity contribution in [3.63, 3.8) is 0 Å². The van der Waals surface area contributed by atoms with Crippen molar-refractivity contribution < 1.29 is 0 Å². The first-order valence-electron chi connectivity index (χ1n) is 7.55. The molecule has 0 aliphatic heterocycles. The van der Waals surface area contributed by atoms with E-state index in [4.69, 9.17) is 0 Å². The molecule has 1 aliphatic carbocycles. The van der Waals surface area contributed by atoms with E-state index in [1.165, 1.54) is 61.4 Å². The number of unbranched alkanes of at least 4 members (excludes halogenated alkanes) is 2. The molecule has 0 atom stereocenters. The van der Waals surface area contributed by atoms with Gasteiger partial charge in [-0.1, -0.05) is 66.7 Å². The first kappa shape index (κ1) is 14.1. The Balaban J connectivity index is 1.81. The van der Waals surface area contributed by atoms with Crippen LogP contribution in [-0.4, -0.2) is 0 Å². The standard InChI is InChI=1S/C17H25Br/c1-2-3-4-7-14-10-12-15(13-11-14)16-8-5-6-9-17(16)18/h5-6,8-9,14-15H,2-4,7,10-13H2,1H3. The highest BCUT2D eigenvalue weighted by molar-refractivity contribution is 9.10. The van der Waals surface area contributed by atoms with Gasteiger partial charge in [0.25, 0.3) is 0 Å². The molecule has 1 aromatic carbocycles. The SMILES string of the molecule is CCCCCC1CCC(c2ccccc2Br)CC1. The number of benzene rings is 1. The summed E-state index contributed by atoms with van der Waals surface area (Å²) in [4.78, 5) is 0. The van der Waals surface area contributed by atoms with Crippen molar-refractivity contribution in [1.82, 2.24) is 0 Å². The normalized spacial score (nSPS) is 24.1. The van der Waals surface area contributed by atoms with Crippen molar-refractivity contribution in [3.8, 4) is 0 Å². The van der Waals surface area contributed by atoms with Gasteiger partial charge in [-0.25, -0.2) is 0 Å². The first-order chi connectivity index (χ1) is 8.81. The molecule has 0 heterocycles. The molecule has 0 radical (unpaired) electrons. The molecule has 1 aromatic rings. The van der Waals surface area contributed by atoms with Crippen LogP contribution in [0.1, 0.15) is 69.8 Å². The number of halogens is 1. The lowest BCUT2D eigenvalue weighted by Crippen LogP contribution is -2.13. The van der Waals surface area contributed by atoms with Crippen molar-refractivity contribution in [3.05, 3.63) is 34.3 Å². The van der Waals surface area contributed by atoms with Crippen molar-refractivity contribution in [2.45, 2.75) is 64.2 Å². The summed E-state index contributed by atoms with van der Waals surface area (Å²) in [7, 11) is 0. The van der Waals surface area contributed by atoms with Crippen LogP contribution in [0.5, 0.6) is 0 Å². The van der Waals surface area contributed by atoms with Gasteiger partial charge >= 0.3 is 0 Å². The van der Waals surface area contributed by atoms with Gasteiger partial charge in [0.1, 0.15) is 0 Å². The number of rotatable bonds is 5. The summed E-state index contributed by atoms with van der Waals surface area (Å²) in [6, 6.07) is 8.77. The van der Waals surface area contributed by atoms with Gasteiger partial charge in [-0.3, -0.25) is 0 Å². The summed E-state index contributed by atoms with van der Waals surface area (Å²) in [5, 5.41) is 0. The maximum Gasteiger partial charge on any atom is 0.0210 e. The Kier molecular flexibility index (Phi) is 5.75. The molecule has 0 aromatic heterocycles. The molecule has 2 rings (SSSR count). The lowest BCUT2D eigenvalue weighted by atomic mass is 9.77. The van der Waals surface area contributed by atoms with Gasteiger partial charge < -0.3 is 0 Å². The topological polar surface area (TPSA) is 0 Å². The minimum absolute atomic E-state index is 0.794. The molecule has 1 heteroatoms. The summed E-state index contributed by atoms with van der Waals surface area (Å²) in [6.07, 6.45) is 11.3. The van der Waals surface area contributed by atoms with E-state index in [0.717, 1.165) is 11.8 Å². The van der Waals surface area contributed by atoms with Crippen LogP contribution < -0.4 is 0 Å². The van der Waals surface area contributed by atoms with Gasteiger partial charge in [0, 0.05) is 4.47 Å². The van der Waals surface area contributed by atoms with Crippen LogP contribution >= 0.6 is 15.9 Å². The van der Waals surface area contributed by atoms with Crippen molar-refractivity contribution >= 4 is 15.9 Å². The summed E-state index contributed by atoms with van der Waals surface area (Å²) < 4.78 is 1.31. The Hall–Kier alpha value is -0.300. The lowest BCUT2D eigenvalue weighted by Gasteiger charge is -2.29. The van der Waals surface area contributed by atoms with Gasteiger partial charge in [0.2, 0.25) is 0 Å². The number of hydrogen-bond donors (Lipinski definition) is 0. The lowest BCUT2D eigenvalue weighted by molar-refractivity contribution is 0.302. The second kappa shape index (κ2) is 7.33. The molecule has 100 valence electrons. The Morgan fingerprint density at radius 3 is 2.44 bits per heavy atom. The van der Waals surface area contributed by atoms with Crippen molar-refractivity contribution in [2.75, 3.05) is 0 Å². The Morgan fingerprint density at radius 1 is 1.06 bits per heavy atom. The molecule has 0 saturated heterocycles. The van der Waals surface area contributed by atoms with E-state index in [9.17, 15) is 0 Å². The molecule has 0 amide bonds. The zero-order chi connectivity index (χ0) is 12.8. The van der Waals surface area contributed by atoms with E-state index < -0.39 is 0 Å². The molecule has 0 unspecified atom stereocenters. The maximum atomic E-state index is 3.70. The predicted octanol–water partition coefficient (Wildman–Crippen LogP) is 6.30. The van der Waals surface area contributed by atoms with Gasteiger partial charge in [0.05, 0.1) is 0 Å². The van der Waals surface area contributed by atoms with E-state index in [2.05, 4.69) is 47.1 Å². The number of hydrogen-bond acceptors (Lipinski definition) is 0. The van der Waals surface area contributed by atoms with Gasteiger partial charge in [-0.05, 0) is 49.1 Å². The third kappa shape index (κ3) is 3.85. The van der Waals surface area contributed by atoms with Gasteiger partial charge in [-0.2, -0.15) is 0 Å². The third-order valence-corrected chi connectivity index (χ3v) is 5.13. The van der Waals surface area contributed by atoms with Crippen molar-refractivity contribution in [2.24, 2.45) is 5.92 Å².